The van der Waals surface area contributed by atoms with Gasteiger partial charge in [0.25, 0.3) is 0 Å². The van der Waals surface area contributed by atoms with Crippen LogP contribution in [-0.2, 0) is 16.0 Å². The molecule has 17 heavy (non-hydrogen) atoms. The molecule has 0 aliphatic heterocycles. The predicted octanol–water partition coefficient (Wildman–Crippen LogP) is 1.92. The summed E-state index contributed by atoms with van der Waals surface area (Å²) in [5.41, 5.74) is 2.03. The fourth-order valence-electron chi connectivity index (χ4n) is 1.71. The lowest BCUT2D eigenvalue weighted by atomic mass is 10.0. The molecule has 0 radical (unpaired) electrons. The van der Waals surface area contributed by atoms with E-state index in [-0.39, 0.29) is 12.4 Å². The van der Waals surface area contributed by atoms with Crippen molar-refractivity contribution in [3.63, 3.8) is 0 Å². The Hall–Kier alpha value is -1.84. The number of hydrogen-bond acceptors (Lipinski definition) is 4. The lowest BCUT2D eigenvalue weighted by molar-refractivity contribution is -0.142. The molecule has 92 valence electrons. The second-order valence-corrected chi connectivity index (χ2v) is 3.65. The molecule has 0 aromatic heterocycles. The molecular weight excluding hydrogens is 220 g/mol. The summed E-state index contributed by atoms with van der Waals surface area (Å²) < 4.78 is 10.0. The number of benzene rings is 1. The van der Waals surface area contributed by atoms with Gasteiger partial charge in [-0.3, -0.25) is 9.59 Å². The molecule has 1 rings (SSSR count). The second kappa shape index (κ2) is 6.03. The summed E-state index contributed by atoms with van der Waals surface area (Å²) in [6.07, 6.45) is 0.833. The molecular formula is C13H16O4. The molecule has 0 fully saturated rings. The SMILES string of the molecule is CCOC(=O)Cc1cc(C)cc(C=O)c1OC. The van der Waals surface area contributed by atoms with Crippen LogP contribution in [0.2, 0.25) is 0 Å². The first-order chi connectivity index (χ1) is 8.12. The van der Waals surface area contributed by atoms with Crippen LogP contribution >= 0.6 is 0 Å². The van der Waals surface area contributed by atoms with Gasteiger partial charge in [0.2, 0.25) is 0 Å². The number of hydrogen-bond donors (Lipinski definition) is 0. The van der Waals surface area contributed by atoms with Crippen molar-refractivity contribution in [1.29, 1.82) is 0 Å². The molecule has 0 spiro atoms. The van der Waals surface area contributed by atoms with E-state index >= 15 is 0 Å². The highest BCUT2D eigenvalue weighted by Crippen LogP contribution is 2.25. The Bertz CT molecular complexity index is 424. The topological polar surface area (TPSA) is 52.6 Å². The van der Waals surface area contributed by atoms with Crippen LogP contribution in [0, 0.1) is 6.92 Å². The Balaban J connectivity index is 3.08. The van der Waals surface area contributed by atoms with Gasteiger partial charge < -0.3 is 9.47 Å². The highest BCUT2D eigenvalue weighted by molar-refractivity contribution is 5.83. The van der Waals surface area contributed by atoms with Crippen molar-refractivity contribution in [3.8, 4) is 5.75 Å². The zero-order chi connectivity index (χ0) is 12.8. The third kappa shape index (κ3) is 3.31. The maximum absolute atomic E-state index is 11.4. The third-order valence-electron chi connectivity index (χ3n) is 2.31. The highest BCUT2D eigenvalue weighted by atomic mass is 16.5. The molecule has 0 saturated heterocycles. The van der Waals surface area contributed by atoms with E-state index in [9.17, 15) is 9.59 Å². The van der Waals surface area contributed by atoms with Gasteiger partial charge in [-0.15, -0.1) is 0 Å². The Kier molecular flexibility index (Phi) is 4.69. The van der Waals surface area contributed by atoms with Crippen molar-refractivity contribution >= 4 is 12.3 Å². The minimum absolute atomic E-state index is 0.111. The standard InChI is InChI=1S/C13H16O4/c1-4-17-12(15)7-10-5-9(2)6-11(8-14)13(10)16-3/h5-6,8H,4,7H2,1-3H3. The van der Waals surface area contributed by atoms with E-state index in [4.69, 9.17) is 9.47 Å². The van der Waals surface area contributed by atoms with E-state index in [0.717, 1.165) is 11.8 Å². The first-order valence-corrected chi connectivity index (χ1v) is 5.40. The number of ether oxygens (including phenoxy) is 2. The monoisotopic (exact) mass is 236 g/mol. The molecule has 0 saturated carbocycles. The van der Waals surface area contributed by atoms with Gasteiger partial charge in [0, 0.05) is 5.56 Å². The maximum Gasteiger partial charge on any atom is 0.310 e. The van der Waals surface area contributed by atoms with E-state index in [1.165, 1.54) is 7.11 Å². The van der Waals surface area contributed by atoms with Crippen LogP contribution in [0.3, 0.4) is 0 Å². The van der Waals surface area contributed by atoms with Crippen molar-refractivity contribution in [2.24, 2.45) is 0 Å². The maximum atomic E-state index is 11.4. The van der Waals surface area contributed by atoms with Crippen molar-refractivity contribution < 1.29 is 19.1 Å². The first kappa shape index (κ1) is 13.2. The molecule has 0 bridgehead atoms. The quantitative estimate of drug-likeness (QED) is 0.579. The molecule has 0 aliphatic carbocycles. The number of aldehydes is 1. The summed E-state index contributed by atoms with van der Waals surface area (Å²) in [6.45, 7) is 3.96. The summed E-state index contributed by atoms with van der Waals surface area (Å²) >= 11 is 0. The van der Waals surface area contributed by atoms with E-state index < -0.39 is 0 Å². The van der Waals surface area contributed by atoms with Gasteiger partial charge in [0.05, 0.1) is 25.7 Å². The van der Waals surface area contributed by atoms with Gasteiger partial charge in [-0.2, -0.15) is 0 Å². The summed E-state index contributed by atoms with van der Waals surface area (Å²) in [4.78, 5) is 22.3. The number of aryl methyl sites for hydroxylation is 1. The highest BCUT2D eigenvalue weighted by Gasteiger charge is 2.13. The van der Waals surface area contributed by atoms with Crippen LogP contribution in [0.25, 0.3) is 0 Å². The first-order valence-electron chi connectivity index (χ1n) is 5.40. The number of methoxy groups -OCH3 is 1. The van der Waals surface area contributed by atoms with E-state index in [1.807, 2.05) is 13.0 Å². The van der Waals surface area contributed by atoms with Crippen molar-refractivity contribution in [3.05, 3.63) is 28.8 Å². The van der Waals surface area contributed by atoms with Crippen LogP contribution in [0.5, 0.6) is 5.75 Å². The zero-order valence-electron chi connectivity index (χ0n) is 10.3. The van der Waals surface area contributed by atoms with Crippen LogP contribution < -0.4 is 4.74 Å². The average molecular weight is 236 g/mol. The normalized spacial score (nSPS) is 9.82. The van der Waals surface area contributed by atoms with Gasteiger partial charge in [-0.25, -0.2) is 0 Å². The molecule has 0 heterocycles. The van der Waals surface area contributed by atoms with E-state index in [0.29, 0.717) is 23.5 Å². The largest absolute Gasteiger partial charge is 0.496 e. The number of carbonyl (C=O) groups excluding carboxylic acids is 2. The second-order valence-electron chi connectivity index (χ2n) is 3.65. The lowest BCUT2D eigenvalue weighted by Crippen LogP contribution is -2.09. The van der Waals surface area contributed by atoms with Gasteiger partial charge in [0.1, 0.15) is 5.75 Å². The summed E-state index contributed by atoms with van der Waals surface area (Å²) in [5.74, 6) is 0.118. The minimum atomic E-state index is -0.326. The van der Waals surface area contributed by atoms with E-state index in [1.54, 1.807) is 13.0 Å². The van der Waals surface area contributed by atoms with Crippen LogP contribution in [0.4, 0.5) is 0 Å². The average Bonchev–Trinajstić information content (AvgIpc) is 2.28. The number of rotatable bonds is 5. The minimum Gasteiger partial charge on any atom is -0.496 e. The smallest absolute Gasteiger partial charge is 0.310 e. The summed E-state index contributed by atoms with van der Waals surface area (Å²) in [5, 5.41) is 0. The number of carbonyl (C=O) groups is 2. The zero-order valence-corrected chi connectivity index (χ0v) is 10.3. The van der Waals surface area contributed by atoms with Crippen molar-refractivity contribution in [2.45, 2.75) is 20.3 Å². The van der Waals surface area contributed by atoms with E-state index in [2.05, 4.69) is 0 Å². The predicted molar refractivity (Wildman–Crippen MR) is 63.5 cm³/mol. The van der Waals surface area contributed by atoms with Crippen LogP contribution in [-0.4, -0.2) is 26.0 Å². The molecule has 4 nitrogen and oxygen atoms in total. The third-order valence-corrected chi connectivity index (χ3v) is 2.31. The van der Waals surface area contributed by atoms with Crippen LogP contribution in [0.1, 0.15) is 28.4 Å². The summed E-state index contributed by atoms with van der Waals surface area (Å²) in [6, 6.07) is 3.54. The van der Waals surface area contributed by atoms with Gasteiger partial charge in [-0.05, 0) is 25.5 Å². The van der Waals surface area contributed by atoms with Crippen LogP contribution in [0.15, 0.2) is 12.1 Å². The molecule has 4 heteroatoms. The van der Waals surface area contributed by atoms with Crippen molar-refractivity contribution in [2.75, 3.05) is 13.7 Å². The fourth-order valence-corrected chi connectivity index (χ4v) is 1.71. The molecule has 0 atom stereocenters. The Labute approximate surface area is 101 Å². The Morgan fingerprint density at radius 3 is 2.65 bits per heavy atom. The Morgan fingerprint density at radius 1 is 1.41 bits per heavy atom. The van der Waals surface area contributed by atoms with Gasteiger partial charge in [0.15, 0.2) is 6.29 Å². The van der Waals surface area contributed by atoms with Crippen molar-refractivity contribution in [1.82, 2.24) is 0 Å². The summed E-state index contributed by atoms with van der Waals surface area (Å²) in [7, 11) is 1.48. The number of esters is 1. The molecule has 1 aromatic rings. The van der Waals surface area contributed by atoms with Gasteiger partial charge >= 0.3 is 5.97 Å². The molecule has 0 unspecified atom stereocenters. The molecule has 0 amide bonds. The fraction of sp³-hybridized carbons (Fsp3) is 0.385. The lowest BCUT2D eigenvalue weighted by Gasteiger charge is -2.11. The molecule has 0 aliphatic rings. The molecule has 1 aromatic carbocycles. The Morgan fingerprint density at radius 2 is 2.12 bits per heavy atom. The van der Waals surface area contributed by atoms with Gasteiger partial charge in [-0.1, -0.05) is 6.07 Å². The molecule has 0 N–H and O–H groups in total.